The van der Waals surface area contributed by atoms with E-state index in [-0.39, 0.29) is 5.60 Å². The third kappa shape index (κ3) is 1.81. The van der Waals surface area contributed by atoms with Crippen LogP contribution in [-0.2, 0) is 17.9 Å². The molecule has 0 N–H and O–H groups in total. The Bertz CT molecular complexity index is 377. The molecule has 0 radical (unpaired) electrons. The topological polar surface area (TPSA) is 27.1 Å². The Hall–Kier alpha value is -0.830. The fraction of sp³-hybridized carbons (Fsp3) is 0.750. The van der Waals surface area contributed by atoms with Crippen molar-refractivity contribution < 1.29 is 4.74 Å². The summed E-state index contributed by atoms with van der Waals surface area (Å²) in [6.07, 6.45) is 0. The van der Waals surface area contributed by atoms with Gasteiger partial charge in [-0.25, -0.2) is 0 Å². The van der Waals surface area contributed by atoms with Gasteiger partial charge in [0.05, 0.1) is 30.1 Å². The molecule has 0 fully saturated rings. The Morgan fingerprint density at radius 1 is 1.40 bits per heavy atom. The molecular weight excluding hydrogens is 188 g/mol. The van der Waals surface area contributed by atoms with Crippen LogP contribution in [0.1, 0.15) is 50.6 Å². The number of rotatable bonds is 1. The van der Waals surface area contributed by atoms with E-state index in [2.05, 4.69) is 44.4 Å². The first-order valence-electron chi connectivity index (χ1n) is 5.61. The number of hydrogen-bond donors (Lipinski definition) is 0. The van der Waals surface area contributed by atoms with Crippen molar-refractivity contribution in [1.82, 2.24) is 9.78 Å². The van der Waals surface area contributed by atoms with Crippen molar-refractivity contribution >= 4 is 0 Å². The van der Waals surface area contributed by atoms with E-state index in [1.807, 2.05) is 0 Å². The molecule has 15 heavy (non-hydrogen) atoms. The molecule has 0 bridgehead atoms. The second-order valence-corrected chi connectivity index (χ2v) is 5.31. The second-order valence-electron chi connectivity index (χ2n) is 5.31. The molecule has 0 aromatic carbocycles. The Kier molecular flexibility index (Phi) is 2.38. The molecule has 1 aliphatic rings. The number of fused-ring (bicyclic) bond motifs is 1. The fourth-order valence-electron chi connectivity index (χ4n) is 2.35. The quantitative estimate of drug-likeness (QED) is 0.709. The molecule has 0 spiro atoms. The smallest absolute Gasteiger partial charge is 0.0896 e. The van der Waals surface area contributed by atoms with Crippen molar-refractivity contribution in [2.45, 2.75) is 59.3 Å². The van der Waals surface area contributed by atoms with E-state index >= 15 is 0 Å². The van der Waals surface area contributed by atoms with Gasteiger partial charge < -0.3 is 4.74 Å². The van der Waals surface area contributed by atoms with Crippen LogP contribution in [0.15, 0.2) is 0 Å². The normalized spacial score (nSPS) is 19.3. The molecule has 0 saturated heterocycles. The summed E-state index contributed by atoms with van der Waals surface area (Å²) in [6, 6.07) is 0. The minimum atomic E-state index is -0.0836. The lowest BCUT2D eigenvalue weighted by molar-refractivity contribution is -0.0665. The molecule has 3 nitrogen and oxygen atoms in total. The molecule has 0 unspecified atom stereocenters. The average Bonchev–Trinajstić information content (AvgIpc) is 2.37. The first kappa shape index (κ1) is 10.7. The first-order valence-corrected chi connectivity index (χ1v) is 5.61. The number of nitrogens with zero attached hydrogens (tertiary/aromatic N) is 2. The molecule has 84 valence electrons. The molecule has 0 amide bonds. The summed E-state index contributed by atoms with van der Waals surface area (Å²) in [5, 5.41) is 4.60. The predicted molar refractivity (Wildman–Crippen MR) is 59.9 cm³/mol. The van der Waals surface area contributed by atoms with Crippen molar-refractivity contribution in [1.29, 1.82) is 0 Å². The van der Waals surface area contributed by atoms with E-state index in [1.165, 1.54) is 11.3 Å². The SMILES string of the molecule is Cc1nn2c(c1C(C)C)COC(C)(C)C2. The van der Waals surface area contributed by atoms with Gasteiger partial charge in [0, 0.05) is 5.56 Å². The first-order chi connectivity index (χ1) is 6.91. The number of ether oxygens (including phenoxy) is 1. The van der Waals surface area contributed by atoms with Gasteiger partial charge in [-0.15, -0.1) is 0 Å². The number of aryl methyl sites for hydroxylation is 1. The molecule has 1 aromatic heterocycles. The van der Waals surface area contributed by atoms with E-state index in [4.69, 9.17) is 4.74 Å². The minimum Gasteiger partial charge on any atom is -0.367 e. The summed E-state index contributed by atoms with van der Waals surface area (Å²) in [4.78, 5) is 0. The lowest BCUT2D eigenvalue weighted by Crippen LogP contribution is -2.36. The second kappa shape index (κ2) is 3.34. The summed E-state index contributed by atoms with van der Waals surface area (Å²) in [5.41, 5.74) is 3.70. The lowest BCUT2D eigenvalue weighted by atomic mass is 9.99. The molecular formula is C12H20N2O. The van der Waals surface area contributed by atoms with Crippen LogP contribution in [-0.4, -0.2) is 15.4 Å². The van der Waals surface area contributed by atoms with Gasteiger partial charge >= 0.3 is 0 Å². The zero-order valence-corrected chi connectivity index (χ0v) is 10.3. The van der Waals surface area contributed by atoms with E-state index in [0.29, 0.717) is 12.5 Å². The largest absolute Gasteiger partial charge is 0.367 e. The van der Waals surface area contributed by atoms with Crippen LogP contribution in [0.5, 0.6) is 0 Å². The molecule has 0 aliphatic carbocycles. The van der Waals surface area contributed by atoms with Crippen LogP contribution in [0.2, 0.25) is 0 Å². The molecule has 2 rings (SSSR count). The van der Waals surface area contributed by atoms with E-state index in [1.54, 1.807) is 0 Å². The third-order valence-electron chi connectivity index (χ3n) is 2.99. The van der Waals surface area contributed by atoms with Gasteiger partial charge in [-0.3, -0.25) is 4.68 Å². The van der Waals surface area contributed by atoms with Crippen LogP contribution < -0.4 is 0 Å². The Morgan fingerprint density at radius 3 is 2.67 bits per heavy atom. The molecule has 0 atom stereocenters. The van der Waals surface area contributed by atoms with Crippen LogP contribution in [0.25, 0.3) is 0 Å². The van der Waals surface area contributed by atoms with Gasteiger partial charge in [0.2, 0.25) is 0 Å². The van der Waals surface area contributed by atoms with Gasteiger partial charge in [-0.05, 0) is 26.7 Å². The predicted octanol–water partition coefficient (Wildman–Crippen LogP) is 2.62. The van der Waals surface area contributed by atoms with E-state index in [0.717, 1.165) is 12.2 Å². The standard InChI is InChI=1S/C12H20N2O/c1-8(2)11-9(3)13-14-7-12(4,5)15-6-10(11)14/h8H,6-7H2,1-5H3. The fourth-order valence-corrected chi connectivity index (χ4v) is 2.35. The molecule has 3 heteroatoms. The summed E-state index contributed by atoms with van der Waals surface area (Å²) in [6.45, 7) is 12.3. The highest BCUT2D eigenvalue weighted by Crippen LogP contribution is 2.30. The van der Waals surface area contributed by atoms with Gasteiger partial charge in [0.1, 0.15) is 0 Å². The highest BCUT2D eigenvalue weighted by atomic mass is 16.5. The molecule has 0 saturated carbocycles. The lowest BCUT2D eigenvalue weighted by Gasteiger charge is -2.31. The van der Waals surface area contributed by atoms with Crippen LogP contribution in [0, 0.1) is 6.92 Å². The van der Waals surface area contributed by atoms with Crippen molar-refractivity contribution in [2.24, 2.45) is 0 Å². The maximum atomic E-state index is 5.84. The number of aromatic nitrogens is 2. The zero-order chi connectivity index (χ0) is 11.2. The molecule has 2 heterocycles. The van der Waals surface area contributed by atoms with Crippen molar-refractivity contribution in [3.05, 3.63) is 17.0 Å². The third-order valence-corrected chi connectivity index (χ3v) is 2.99. The number of hydrogen-bond acceptors (Lipinski definition) is 2. The zero-order valence-electron chi connectivity index (χ0n) is 10.3. The molecule has 1 aliphatic heterocycles. The van der Waals surface area contributed by atoms with Crippen molar-refractivity contribution in [3.63, 3.8) is 0 Å². The maximum Gasteiger partial charge on any atom is 0.0896 e. The summed E-state index contributed by atoms with van der Waals surface area (Å²) >= 11 is 0. The van der Waals surface area contributed by atoms with Crippen molar-refractivity contribution in [2.75, 3.05) is 0 Å². The highest BCUT2D eigenvalue weighted by molar-refractivity contribution is 5.29. The van der Waals surface area contributed by atoms with E-state index in [9.17, 15) is 0 Å². The summed E-state index contributed by atoms with van der Waals surface area (Å²) in [5.74, 6) is 0.526. The minimum absolute atomic E-state index is 0.0836. The summed E-state index contributed by atoms with van der Waals surface area (Å²) < 4.78 is 7.95. The Labute approximate surface area is 91.4 Å². The Morgan fingerprint density at radius 2 is 2.07 bits per heavy atom. The monoisotopic (exact) mass is 208 g/mol. The van der Waals surface area contributed by atoms with Crippen LogP contribution in [0.3, 0.4) is 0 Å². The van der Waals surface area contributed by atoms with Crippen molar-refractivity contribution in [3.8, 4) is 0 Å². The summed E-state index contributed by atoms with van der Waals surface area (Å²) in [7, 11) is 0. The average molecular weight is 208 g/mol. The van der Waals surface area contributed by atoms with Gasteiger partial charge in [0.25, 0.3) is 0 Å². The van der Waals surface area contributed by atoms with Crippen LogP contribution >= 0.6 is 0 Å². The van der Waals surface area contributed by atoms with Gasteiger partial charge in [-0.2, -0.15) is 5.10 Å². The Balaban J connectivity index is 2.44. The van der Waals surface area contributed by atoms with E-state index < -0.39 is 0 Å². The van der Waals surface area contributed by atoms with Gasteiger partial charge in [-0.1, -0.05) is 13.8 Å². The maximum absolute atomic E-state index is 5.84. The highest BCUT2D eigenvalue weighted by Gasteiger charge is 2.30. The molecule has 1 aromatic rings. The van der Waals surface area contributed by atoms with Crippen LogP contribution in [0.4, 0.5) is 0 Å². The van der Waals surface area contributed by atoms with Gasteiger partial charge in [0.15, 0.2) is 0 Å².